The lowest BCUT2D eigenvalue weighted by molar-refractivity contribution is -0.0291. The summed E-state index contributed by atoms with van der Waals surface area (Å²) < 4.78 is 6.26. The zero-order chi connectivity index (χ0) is 16.7. The molecule has 0 aromatic heterocycles. The fourth-order valence-corrected chi connectivity index (χ4v) is 3.61. The monoisotopic (exact) mass is 340 g/mol. The van der Waals surface area contributed by atoms with E-state index >= 15 is 0 Å². The number of hydrazone groups is 1. The van der Waals surface area contributed by atoms with E-state index in [1.54, 1.807) is 0 Å². The quantitative estimate of drug-likeness (QED) is 0.761. The maximum absolute atomic E-state index is 6.26. The first-order valence-corrected chi connectivity index (χ1v) is 8.87. The van der Waals surface area contributed by atoms with Crippen LogP contribution in [0.25, 0.3) is 0 Å². The summed E-state index contributed by atoms with van der Waals surface area (Å²) in [6, 6.07) is 16.5. The van der Waals surface area contributed by atoms with E-state index < -0.39 is 0 Å². The van der Waals surface area contributed by atoms with Crippen molar-refractivity contribution in [1.29, 1.82) is 0 Å². The first-order valence-electron chi connectivity index (χ1n) is 8.49. The van der Waals surface area contributed by atoms with E-state index in [0.717, 1.165) is 34.9 Å². The van der Waals surface area contributed by atoms with Crippen molar-refractivity contribution >= 4 is 17.3 Å². The molecule has 2 heterocycles. The smallest absolute Gasteiger partial charge is 0.188 e. The first-order chi connectivity index (χ1) is 11.6. The average molecular weight is 341 g/mol. The molecule has 3 nitrogen and oxygen atoms in total. The molecule has 24 heavy (non-hydrogen) atoms. The van der Waals surface area contributed by atoms with Crippen LogP contribution in [-0.4, -0.2) is 16.9 Å². The number of nitrogens with zero attached hydrogens (tertiary/aromatic N) is 2. The summed E-state index contributed by atoms with van der Waals surface area (Å²) in [5, 5.41) is 7.84. The Morgan fingerprint density at radius 1 is 1.17 bits per heavy atom. The predicted molar refractivity (Wildman–Crippen MR) is 97.5 cm³/mol. The minimum Gasteiger partial charge on any atom is -0.469 e. The van der Waals surface area contributed by atoms with E-state index in [1.165, 1.54) is 5.56 Å². The Labute approximate surface area is 147 Å². The van der Waals surface area contributed by atoms with Crippen LogP contribution in [0.15, 0.2) is 53.6 Å². The van der Waals surface area contributed by atoms with Crippen LogP contribution in [0, 0.1) is 5.92 Å². The van der Waals surface area contributed by atoms with Crippen molar-refractivity contribution in [3.63, 3.8) is 0 Å². The summed E-state index contributed by atoms with van der Waals surface area (Å²) in [6.45, 7) is 4.44. The molecule has 0 spiro atoms. The van der Waals surface area contributed by atoms with Crippen LogP contribution in [0.1, 0.15) is 43.9 Å². The van der Waals surface area contributed by atoms with Gasteiger partial charge in [0.1, 0.15) is 5.75 Å². The molecule has 0 fully saturated rings. The fourth-order valence-electron chi connectivity index (χ4n) is 3.49. The summed E-state index contributed by atoms with van der Waals surface area (Å²) in [4.78, 5) is 0. The van der Waals surface area contributed by atoms with Gasteiger partial charge in [0.2, 0.25) is 0 Å². The highest BCUT2D eigenvalue weighted by molar-refractivity contribution is 6.30. The Morgan fingerprint density at radius 2 is 1.92 bits per heavy atom. The van der Waals surface area contributed by atoms with Crippen LogP contribution in [0.4, 0.5) is 0 Å². The Bertz CT molecular complexity index is 769. The van der Waals surface area contributed by atoms with Gasteiger partial charge in [0.05, 0.1) is 11.8 Å². The van der Waals surface area contributed by atoms with Crippen molar-refractivity contribution in [3.8, 4) is 5.75 Å². The molecule has 2 aromatic rings. The predicted octanol–water partition coefficient (Wildman–Crippen LogP) is 5.26. The van der Waals surface area contributed by atoms with Crippen molar-refractivity contribution in [2.75, 3.05) is 0 Å². The van der Waals surface area contributed by atoms with Crippen LogP contribution in [0.5, 0.6) is 5.75 Å². The number of benzene rings is 2. The number of hydrogen-bond donors (Lipinski definition) is 0. The van der Waals surface area contributed by atoms with E-state index in [2.05, 4.69) is 37.1 Å². The van der Waals surface area contributed by atoms with Crippen molar-refractivity contribution < 1.29 is 4.74 Å². The second-order valence-corrected chi connectivity index (χ2v) is 7.33. The lowest BCUT2D eigenvalue weighted by atomic mass is 9.96. The molecule has 2 aliphatic heterocycles. The molecule has 0 saturated carbocycles. The molecule has 0 aliphatic carbocycles. The van der Waals surface area contributed by atoms with Crippen LogP contribution < -0.4 is 4.74 Å². The minimum absolute atomic E-state index is 0.00491. The normalized spacial score (nSPS) is 22.0. The van der Waals surface area contributed by atoms with E-state index in [4.69, 9.17) is 21.4 Å². The number of ether oxygens (including phenoxy) is 1. The summed E-state index contributed by atoms with van der Waals surface area (Å²) >= 11 is 6.02. The Hall–Kier alpha value is -2.00. The van der Waals surface area contributed by atoms with Gasteiger partial charge in [-0.05, 0) is 29.7 Å². The van der Waals surface area contributed by atoms with Crippen molar-refractivity contribution in [2.24, 2.45) is 11.0 Å². The lowest BCUT2D eigenvalue weighted by Gasteiger charge is -2.38. The van der Waals surface area contributed by atoms with Gasteiger partial charge in [-0.2, -0.15) is 5.10 Å². The molecule has 2 atom stereocenters. The SMILES string of the molecule is CC(C)C[C@@H]1Oc2ccccc2[C@H]2CC(c3ccc(Cl)cc3)=NN12. The van der Waals surface area contributed by atoms with Gasteiger partial charge in [0.25, 0.3) is 0 Å². The highest BCUT2D eigenvalue weighted by atomic mass is 35.5. The molecule has 0 bridgehead atoms. The molecule has 0 saturated heterocycles. The molecule has 4 rings (SSSR count). The van der Waals surface area contributed by atoms with Crippen LogP contribution in [-0.2, 0) is 0 Å². The van der Waals surface area contributed by atoms with Crippen molar-refractivity contribution in [2.45, 2.75) is 39.0 Å². The maximum Gasteiger partial charge on any atom is 0.188 e. The van der Waals surface area contributed by atoms with Gasteiger partial charge < -0.3 is 4.74 Å². The zero-order valence-corrected chi connectivity index (χ0v) is 14.7. The Balaban J connectivity index is 1.70. The highest BCUT2D eigenvalue weighted by Crippen LogP contribution is 2.43. The first kappa shape index (κ1) is 15.5. The molecule has 0 unspecified atom stereocenters. The summed E-state index contributed by atoms with van der Waals surface area (Å²) in [7, 11) is 0. The maximum atomic E-state index is 6.26. The third-order valence-corrected chi connectivity index (χ3v) is 4.88. The van der Waals surface area contributed by atoms with Gasteiger partial charge >= 0.3 is 0 Å². The van der Waals surface area contributed by atoms with Gasteiger partial charge in [-0.25, -0.2) is 0 Å². The minimum atomic E-state index is -0.00491. The molecule has 124 valence electrons. The molecule has 0 radical (unpaired) electrons. The average Bonchev–Trinajstić information content (AvgIpc) is 3.01. The molecule has 0 N–H and O–H groups in total. The van der Waals surface area contributed by atoms with Gasteiger partial charge in [-0.3, -0.25) is 5.01 Å². The molecule has 2 aliphatic rings. The second-order valence-electron chi connectivity index (χ2n) is 6.89. The lowest BCUT2D eigenvalue weighted by Crippen LogP contribution is -2.41. The van der Waals surface area contributed by atoms with Crippen molar-refractivity contribution in [3.05, 3.63) is 64.7 Å². The number of hydrogen-bond acceptors (Lipinski definition) is 3. The van der Waals surface area contributed by atoms with E-state index in [0.29, 0.717) is 5.92 Å². The number of para-hydroxylation sites is 1. The zero-order valence-electron chi connectivity index (χ0n) is 13.9. The van der Waals surface area contributed by atoms with Gasteiger partial charge in [0.15, 0.2) is 6.23 Å². The highest BCUT2D eigenvalue weighted by Gasteiger charge is 2.40. The molecule has 2 aromatic carbocycles. The van der Waals surface area contributed by atoms with E-state index in [-0.39, 0.29) is 12.3 Å². The standard InChI is InChI=1S/C20H21ClN2O/c1-13(2)11-20-23-18(16-5-3-4-6-19(16)24-20)12-17(22-23)14-7-9-15(21)10-8-14/h3-10,13,18,20H,11-12H2,1-2H3/t18-,20+/m1/s1. The fraction of sp³-hybridized carbons (Fsp3) is 0.350. The second kappa shape index (κ2) is 6.14. The molecular formula is C20H21ClN2O. The van der Waals surface area contributed by atoms with Gasteiger partial charge in [-0.1, -0.05) is 55.8 Å². The summed E-state index contributed by atoms with van der Waals surface area (Å²) in [6.07, 6.45) is 1.86. The number of rotatable bonds is 3. The van der Waals surface area contributed by atoms with Gasteiger partial charge in [0, 0.05) is 23.4 Å². The molecule has 0 amide bonds. The third-order valence-electron chi connectivity index (χ3n) is 4.63. The van der Waals surface area contributed by atoms with Gasteiger partial charge in [-0.15, -0.1) is 0 Å². The topological polar surface area (TPSA) is 24.8 Å². The summed E-state index contributed by atoms with van der Waals surface area (Å²) in [5.74, 6) is 1.55. The van der Waals surface area contributed by atoms with Crippen LogP contribution in [0.3, 0.4) is 0 Å². The molecular weight excluding hydrogens is 320 g/mol. The number of halogens is 1. The Kier molecular flexibility index (Phi) is 3.97. The Morgan fingerprint density at radius 3 is 2.67 bits per heavy atom. The van der Waals surface area contributed by atoms with Crippen LogP contribution in [0.2, 0.25) is 5.02 Å². The van der Waals surface area contributed by atoms with Crippen LogP contribution >= 0.6 is 11.6 Å². The largest absolute Gasteiger partial charge is 0.469 e. The van der Waals surface area contributed by atoms with E-state index in [9.17, 15) is 0 Å². The number of fused-ring (bicyclic) bond motifs is 3. The molecule has 4 heteroatoms. The van der Waals surface area contributed by atoms with E-state index in [1.807, 2.05) is 30.3 Å². The third kappa shape index (κ3) is 2.78. The van der Waals surface area contributed by atoms with Crippen molar-refractivity contribution in [1.82, 2.24) is 5.01 Å². The summed E-state index contributed by atoms with van der Waals surface area (Å²) in [5.41, 5.74) is 3.46.